The van der Waals surface area contributed by atoms with Crippen molar-refractivity contribution in [1.82, 2.24) is 20.1 Å². The molecule has 1 unspecified atom stereocenters. The Balaban J connectivity index is 1.70. The summed E-state index contributed by atoms with van der Waals surface area (Å²) in [5.74, 6) is -2.83. The third-order valence-electron chi connectivity index (χ3n) is 5.31. The van der Waals surface area contributed by atoms with E-state index in [9.17, 15) is 27.2 Å². The molecule has 4 rings (SSSR count). The molecule has 2 amide bonds. The van der Waals surface area contributed by atoms with Crippen molar-refractivity contribution < 1.29 is 32.3 Å². The summed E-state index contributed by atoms with van der Waals surface area (Å²) < 4.78 is 54.8. The SMILES string of the molecule is O=C(NC(CO)C(F)(F)F)c1cc(NC(=O)c2cc(-c3ccccn3)c(F)cc2Cl)n(-c2ccccc2)n1. The molecule has 0 aliphatic carbocycles. The molecule has 2 aromatic carbocycles. The van der Waals surface area contributed by atoms with Crippen LogP contribution in [0.4, 0.5) is 23.4 Å². The van der Waals surface area contributed by atoms with Gasteiger partial charge in [0.15, 0.2) is 5.69 Å². The third kappa shape index (κ3) is 5.82. The van der Waals surface area contributed by atoms with Crippen LogP contribution in [0, 0.1) is 5.82 Å². The van der Waals surface area contributed by atoms with Gasteiger partial charge in [0, 0.05) is 17.8 Å². The van der Waals surface area contributed by atoms with Gasteiger partial charge in [0.2, 0.25) is 0 Å². The molecule has 1 atom stereocenters. The van der Waals surface area contributed by atoms with Crippen molar-refractivity contribution in [3.05, 3.63) is 95.0 Å². The maximum Gasteiger partial charge on any atom is 0.410 e. The number of aromatic nitrogens is 3. The summed E-state index contributed by atoms with van der Waals surface area (Å²) in [7, 11) is 0. The number of halogens is 5. The number of benzene rings is 2. The standard InChI is InChI=1S/C25H18ClF4N5O3/c26-17-11-18(27)16(19-8-4-5-9-31-19)10-15(17)23(37)33-22-12-20(24(38)32-21(13-36)25(28,29)30)34-35(22)14-6-2-1-3-7-14/h1-12,21,36H,13H2,(H,32,38)(H,33,37). The van der Waals surface area contributed by atoms with E-state index in [-0.39, 0.29) is 27.7 Å². The van der Waals surface area contributed by atoms with Gasteiger partial charge in [-0.05, 0) is 36.4 Å². The minimum Gasteiger partial charge on any atom is -0.394 e. The van der Waals surface area contributed by atoms with Crippen LogP contribution in [0.25, 0.3) is 16.9 Å². The molecule has 8 nitrogen and oxygen atoms in total. The number of hydrogen-bond acceptors (Lipinski definition) is 5. The quantitative estimate of drug-likeness (QED) is 0.292. The van der Waals surface area contributed by atoms with E-state index in [2.05, 4.69) is 15.4 Å². The summed E-state index contributed by atoms with van der Waals surface area (Å²) in [6.45, 7) is -1.38. The van der Waals surface area contributed by atoms with Crippen molar-refractivity contribution in [2.75, 3.05) is 11.9 Å². The molecule has 0 saturated carbocycles. The molecular weight excluding hydrogens is 530 g/mol. The first-order valence-corrected chi connectivity index (χ1v) is 11.3. The van der Waals surface area contributed by atoms with E-state index in [1.807, 2.05) is 0 Å². The van der Waals surface area contributed by atoms with Crippen molar-refractivity contribution >= 4 is 29.2 Å². The molecule has 0 radical (unpaired) electrons. The van der Waals surface area contributed by atoms with Gasteiger partial charge in [0.1, 0.15) is 17.7 Å². The lowest BCUT2D eigenvalue weighted by molar-refractivity contribution is -0.161. The Bertz CT molecular complexity index is 1460. The average Bonchev–Trinajstić information content (AvgIpc) is 3.31. The van der Waals surface area contributed by atoms with Gasteiger partial charge in [-0.3, -0.25) is 14.6 Å². The number of pyridine rings is 1. The molecule has 0 bridgehead atoms. The number of anilines is 1. The van der Waals surface area contributed by atoms with Crippen molar-refractivity contribution in [2.24, 2.45) is 0 Å². The number of hydrogen-bond donors (Lipinski definition) is 3. The van der Waals surface area contributed by atoms with Crippen LogP contribution in [0.5, 0.6) is 0 Å². The fourth-order valence-electron chi connectivity index (χ4n) is 3.44. The first-order valence-electron chi connectivity index (χ1n) is 10.9. The lowest BCUT2D eigenvalue weighted by Crippen LogP contribution is -2.47. The summed E-state index contributed by atoms with van der Waals surface area (Å²) in [6, 6.07) is 13.7. The Morgan fingerprint density at radius 1 is 1.03 bits per heavy atom. The summed E-state index contributed by atoms with van der Waals surface area (Å²) in [4.78, 5) is 29.8. The molecule has 0 saturated heterocycles. The van der Waals surface area contributed by atoms with E-state index in [1.54, 1.807) is 53.8 Å². The smallest absolute Gasteiger partial charge is 0.394 e. The highest BCUT2D eigenvalue weighted by Crippen LogP contribution is 2.29. The van der Waals surface area contributed by atoms with E-state index in [1.165, 1.54) is 12.3 Å². The number of amides is 2. The highest BCUT2D eigenvalue weighted by molar-refractivity contribution is 6.34. The first-order chi connectivity index (χ1) is 18.1. The van der Waals surface area contributed by atoms with E-state index in [0.717, 1.165) is 16.8 Å². The molecule has 13 heteroatoms. The summed E-state index contributed by atoms with van der Waals surface area (Å²) in [6.07, 6.45) is -3.44. The molecule has 0 aliphatic rings. The fraction of sp³-hybridized carbons (Fsp3) is 0.120. The number of nitrogens with zero attached hydrogens (tertiary/aromatic N) is 3. The molecule has 2 heterocycles. The number of para-hydroxylation sites is 1. The van der Waals surface area contributed by atoms with Crippen LogP contribution in [0.1, 0.15) is 20.8 Å². The molecule has 2 aromatic heterocycles. The van der Waals surface area contributed by atoms with Crippen molar-refractivity contribution in [1.29, 1.82) is 0 Å². The molecule has 4 aromatic rings. The van der Waals surface area contributed by atoms with Crippen LogP contribution >= 0.6 is 11.6 Å². The van der Waals surface area contributed by atoms with Crippen molar-refractivity contribution in [3.8, 4) is 16.9 Å². The largest absolute Gasteiger partial charge is 0.410 e. The first kappa shape index (κ1) is 26.8. The monoisotopic (exact) mass is 547 g/mol. The topological polar surface area (TPSA) is 109 Å². The lowest BCUT2D eigenvalue weighted by atomic mass is 10.1. The van der Waals surface area contributed by atoms with E-state index >= 15 is 0 Å². The van der Waals surface area contributed by atoms with Crippen LogP contribution in [0.3, 0.4) is 0 Å². The summed E-state index contributed by atoms with van der Waals surface area (Å²) in [5.41, 5.74) is 0.0472. The van der Waals surface area contributed by atoms with Crippen LogP contribution in [0.2, 0.25) is 5.02 Å². The van der Waals surface area contributed by atoms with Crippen LogP contribution in [0.15, 0.2) is 72.9 Å². The van der Waals surface area contributed by atoms with Gasteiger partial charge in [0.25, 0.3) is 11.8 Å². The highest BCUT2D eigenvalue weighted by atomic mass is 35.5. The van der Waals surface area contributed by atoms with Gasteiger partial charge >= 0.3 is 6.18 Å². The van der Waals surface area contributed by atoms with Crippen LogP contribution < -0.4 is 10.6 Å². The molecule has 0 spiro atoms. The fourth-order valence-corrected chi connectivity index (χ4v) is 3.67. The van der Waals surface area contributed by atoms with Gasteiger partial charge in [-0.1, -0.05) is 35.9 Å². The van der Waals surface area contributed by atoms with Crippen LogP contribution in [-0.4, -0.2) is 50.5 Å². The molecule has 0 aliphatic heterocycles. The zero-order valence-corrected chi connectivity index (χ0v) is 20.0. The number of alkyl halides is 3. The number of aliphatic hydroxyl groups is 1. The number of aliphatic hydroxyl groups excluding tert-OH is 1. The molecule has 3 N–H and O–H groups in total. The zero-order chi connectivity index (χ0) is 27.4. The van der Waals surface area contributed by atoms with Gasteiger partial charge < -0.3 is 15.7 Å². The number of carbonyl (C=O) groups is 2. The molecule has 196 valence electrons. The van der Waals surface area contributed by atoms with E-state index in [0.29, 0.717) is 5.69 Å². The lowest BCUT2D eigenvalue weighted by Gasteiger charge is -2.18. The van der Waals surface area contributed by atoms with Gasteiger partial charge in [0.05, 0.1) is 28.6 Å². The predicted octanol–water partition coefficient (Wildman–Crippen LogP) is 4.63. The third-order valence-corrected chi connectivity index (χ3v) is 5.62. The second-order valence-electron chi connectivity index (χ2n) is 7.89. The Hall–Kier alpha value is -4.29. The summed E-state index contributed by atoms with van der Waals surface area (Å²) >= 11 is 6.14. The minimum absolute atomic E-state index is 0.0129. The minimum atomic E-state index is -4.89. The maximum absolute atomic E-state index is 14.6. The van der Waals surface area contributed by atoms with E-state index < -0.39 is 42.2 Å². The number of rotatable bonds is 7. The molecular formula is C25H18ClF4N5O3. The van der Waals surface area contributed by atoms with Gasteiger partial charge in [-0.25, -0.2) is 9.07 Å². The van der Waals surface area contributed by atoms with Crippen molar-refractivity contribution in [3.63, 3.8) is 0 Å². The molecule has 0 fully saturated rings. The van der Waals surface area contributed by atoms with E-state index in [4.69, 9.17) is 16.7 Å². The Morgan fingerprint density at radius 2 is 1.74 bits per heavy atom. The second-order valence-corrected chi connectivity index (χ2v) is 8.30. The van der Waals surface area contributed by atoms with Crippen molar-refractivity contribution in [2.45, 2.75) is 12.2 Å². The average molecular weight is 548 g/mol. The van der Waals surface area contributed by atoms with Gasteiger partial charge in [-0.15, -0.1) is 0 Å². The second kappa shape index (κ2) is 11.0. The Labute approximate surface area is 217 Å². The Morgan fingerprint density at radius 3 is 2.37 bits per heavy atom. The maximum atomic E-state index is 14.6. The van der Waals surface area contributed by atoms with Crippen LogP contribution in [-0.2, 0) is 0 Å². The molecule has 38 heavy (non-hydrogen) atoms. The summed E-state index contributed by atoms with van der Waals surface area (Å²) in [5, 5.41) is 17.0. The number of carbonyl (C=O) groups excluding carboxylic acids is 2. The Kier molecular flexibility index (Phi) is 7.74. The number of nitrogens with one attached hydrogen (secondary N) is 2. The van der Waals surface area contributed by atoms with Gasteiger partial charge in [-0.2, -0.15) is 18.3 Å². The normalized spacial score (nSPS) is 12.2. The predicted molar refractivity (Wildman–Crippen MR) is 131 cm³/mol. The zero-order valence-electron chi connectivity index (χ0n) is 19.2. The highest BCUT2D eigenvalue weighted by Gasteiger charge is 2.40.